The molecule has 2 aromatic rings. The fraction of sp³-hybridized carbons (Fsp3) is 0.316. The minimum Gasteiger partial charge on any atom is -0.482 e. The first-order valence-electron chi connectivity index (χ1n) is 8.51. The zero-order chi connectivity index (χ0) is 20.7. The highest BCUT2D eigenvalue weighted by Gasteiger charge is 2.16. The van der Waals surface area contributed by atoms with Crippen LogP contribution in [0.15, 0.2) is 41.3 Å². The van der Waals surface area contributed by atoms with Gasteiger partial charge in [0, 0.05) is 19.3 Å². The molecule has 0 aliphatic heterocycles. The van der Waals surface area contributed by atoms with Crippen LogP contribution >= 0.6 is 11.6 Å². The highest BCUT2D eigenvalue weighted by molar-refractivity contribution is 7.89. The average molecular weight is 427 g/mol. The number of aryl methyl sites for hydroxylation is 1. The molecule has 152 valence electrons. The zero-order valence-corrected chi connectivity index (χ0v) is 17.5. The van der Waals surface area contributed by atoms with E-state index in [9.17, 15) is 13.2 Å². The van der Waals surface area contributed by atoms with Gasteiger partial charge in [0.1, 0.15) is 5.75 Å². The molecule has 2 rings (SSSR count). The second-order valence-corrected chi connectivity index (χ2v) is 8.24. The summed E-state index contributed by atoms with van der Waals surface area (Å²) in [5.74, 6) is -0.128. The van der Waals surface area contributed by atoms with E-state index in [1.54, 1.807) is 0 Å². The summed E-state index contributed by atoms with van der Waals surface area (Å²) in [6.07, 6.45) is 0. The number of hydrogen-bond acceptors (Lipinski definition) is 5. The predicted octanol–water partition coefficient (Wildman–Crippen LogP) is 2.90. The molecule has 0 aromatic heterocycles. The molecule has 28 heavy (non-hydrogen) atoms. The molecule has 0 fully saturated rings. The van der Waals surface area contributed by atoms with E-state index in [2.05, 4.69) is 10.0 Å². The molecule has 2 N–H and O–H groups in total. The van der Waals surface area contributed by atoms with Crippen molar-refractivity contribution in [1.29, 1.82) is 0 Å². The number of halogens is 1. The topological polar surface area (TPSA) is 93.7 Å². The maximum absolute atomic E-state index is 12.2. The van der Waals surface area contributed by atoms with Gasteiger partial charge < -0.3 is 14.8 Å². The van der Waals surface area contributed by atoms with Crippen molar-refractivity contribution in [3.63, 3.8) is 0 Å². The van der Waals surface area contributed by atoms with Crippen molar-refractivity contribution in [3.8, 4) is 5.75 Å². The van der Waals surface area contributed by atoms with Crippen molar-refractivity contribution >= 4 is 33.2 Å². The SMILES string of the molecule is COCCNS(=O)(=O)c1ccc(OCC(=O)Nc2cccc(C)c2C)c(Cl)c1. The van der Waals surface area contributed by atoms with Gasteiger partial charge in [-0.15, -0.1) is 0 Å². The lowest BCUT2D eigenvalue weighted by atomic mass is 10.1. The highest BCUT2D eigenvalue weighted by atomic mass is 35.5. The summed E-state index contributed by atoms with van der Waals surface area (Å²) in [5.41, 5.74) is 2.75. The Morgan fingerprint density at radius 2 is 1.93 bits per heavy atom. The number of sulfonamides is 1. The predicted molar refractivity (Wildman–Crippen MR) is 109 cm³/mol. The molecule has 0 aliphatic rings. The minimum absolute atomic E-state index is 0.000732. The molecular weight excluding hydrogens is 404 g/mol. The van der Waals surface area contributed by atoms with Crippen molar-refractivity contribution in [2.75, 3.05) is 32.2 Å². The monoisotopic (exact) mass is 426 g/mol. The lowest BCUT2D eigenvalue weighted by Gasteiger charge is -2.12. The molecule has 0 heterocycles. The largest absolute Gasteiger partial charge is 0.482 e. The molecular formula is C19H23ClN2O5S. The summed E-state index contributed by atoms with van der Waals surface area (Å²) in [6.45, 7) is 4.02. The number of methoxy groups -OCH3 is 1. The average Bonchev–Trinajstić information content (AvgIpc) is 2.64. The van der Waals surface area contributed by atoms with Gasteiger partial charge in [-0.05, 0) is 49.2 Å². The van der Waals surface area contributed by atoms with Crippen molar-refractivity contribution in [2.45, 2.75) is 18.7 Å². The number of anilines is 1. The van der Waals surface area contributed by atoms with Gasteiger partial charge in [-0.1, -0.05) is 23.7 Å². The van der Waals surface area contributed by atoms with Crippen molar-refractivity contribution in [2.24, 2.45) is 0 Å². The van der Waals surface area contributed by atoms with Gasteiger partial charge in [-0.3, -0.25) is 4.79 Å². The molecule has 1 amide bonds. The third-order valence-electron chi connectivity index (χ3n) is 4.05. The molecule has 9 heteroatoms. The maximum atomic E-state index is 12.2. The Morgan fingerprint density at radius 1 is 1.18 bits per heavy atom. The first kappa shape index (κ1) is 22.2. The lowest BCUT2D eigenvalue weighted by molar-refractivity contribution is -0.118. The van der Waals surface area contributed by atoms with E-state index in [4.69, 9.17) is 21.1 Å². The smallest absolute Gasteiger partial charge is 0.262 e. The standard InChI is InChI=1S/C19H23ClN2O5S/c1-13-5-4-6-17(14(13)2)22-19(23)12-27-18-8-7-15(11-16(18)20)28(24,25)21-9-10-26-3/h4-8,11,21H,9-10,12H2,1-3H3,(H,22,23). The maximum Gasteiger partial charge on any atom is 0.262 e. The van der Waals surface area contributed by atoms with E-state index < -0.39 is 10.0 Å². The van der Waals surface area contributed by atoms with E-state index >= 15 is 0 Å². The van der Waals surface area contributed by atoms with Gasteiger partial charge in [0.25, 0.3) is 5.91 Å². The number of carbonyl (C=O) groups is 1. The van der Waals surface area contributed by atoms with Gasteiger partial charge in [0.05, 0.1) is 16.5 Å². The molecule has 0 aliphatic carbocycles. The van der Waals surface area contributed by atoms with E-state index in [0.717, 1.165) is 11.1 Å². The molecule has 0 saturated heterocycles. The fourth-order valence-electron chi connectivity index (χ4n) is 2.34. The Bertz CT molecular complexity index is 947. The Balaban J connectivity index is 1.99. The van der Waals surface area contributed by atoms with Crippen LogP contribution in [0.3, 0.4) is 0 Å². The summed E-state index contributed by atoms with van der Waals surface area (Å²) in [4.78, 5) is 12.1. The first-order chi connectivity index (χ1) is 13.2. The normalized spacial score (nSPS) is 11.3. The van der Waals surface area contributed by atoms with Crippen LogP contribution in [0.5, 0.6) is 5.75 Å². The van der Waals surface area contributed by atoms with Crippen molar-refractivity contribution in [3.05, 3.63) is 52.5 Å². The highest BCUT2D eigenvalue weighted by Crippen LogP contribution is 2.27. The Kier molecular flexibility index (Phi) is 7.82. The number of nitrogens with one attached hydrogen (secondary N) is 2. The number of ether oxygens (including phenoxy) is 2. The molecule has 7 nitrogen and oxygen atoms in total. The van der Waals surface area contributed by atoms with Gasteiger partial charge in [0.2, 0.25) is 10.0 Å². The summed E-state index contributed by atoms with van der Waals surface area (Å²) < 4.78 is 37.0. The Labute approximate surface area is 170 Å². The van der Waals surface area contributed by atoms with Crippen LogP contribution in [0.2, 0.25) is 5.02 Å². The number of rotatable bonds is 9. The molecule has 2 aromatic carbocycles. The molecule has 0 unspecified atom stereocenters. The van der Waals surface area contributed by atoms with Crippen LogP contribution in [-0.4, -0.2) is 41.2 Å². The first-order valence-corrected chi connectivity index (χ1v) is 10.4. The van der Waals surface area contributed by atoms with Crippen molar-refractivity contribution < 1.29 is 22.7 Å². The summed E-state index contributed by atoms with van der Waals surface area (Å²) in [7, 11) is -2.22. The number of carbonyl (C=O) groups excluding carboxylic acids is 1. The van der Waals surface area contributed by atoms with E-state index in [-0.39, 0.29) is 41.3 Å². The molecule has 0 radical (unpaired) electrons. The number of amides is 1. The van der Waals surface area contributed by atoms with E-state index in [0.29, 0.717) is 5.69 Å². The molecule has 0 bridgehead atoms. The number of benzene rings is 2. The van der Waals surface area contributed by atoms with Crippen LogP contribution < -0.4 is 14.8 Å². The summed E-state index contributed by atoms with van der Waals surface area (Å²) in [5, 5.41) is 2.87. The lowest BCUT2D eigenvalue weighted by Crippen LogP contribution is -2.27. The van der Waals surface area contributed by atoms with Crippen molar-refractivity contribution in [1.82, 2.24) is 4.72 Å². The third kappa shape index (κ3) is 5.93. The fourth-order valence-corrected chi connectivity index (χ4v) is 3.68. The van der Waals surface area contributed by atoms with Crippen LogP contribution in [-0.2, 0) is 19.6 Å². The van der Waals surface area contributed by atoms with E-state index in [1.807, 2.05) is 32.0 Å². The van der Waals surface area contributed by atoms with Crippen LogP contribution in [0.4, 0.5) is 5.69 Å². The molecule has 0 spiro atoms. The second-order valence-electron chi connectivity index (χ2n) is 6.07. The quantitative estimate of drug-likeness (QED) is 0.601. The third-order valence-corrected chi connectivity index (χ3v) is 5.80. The van der Waals surface area contributed by atoms with Crippen LogP contribution in [0.1, 0.15) is 11.1 Å². The summed E-state index contributed by atoms with van der Waals surface area (Å²) in [6, 6.07) is 9.67. The van der Waals surface area contributed by atoms with Crippen LogP contribution in [0.25, 0.3) is 0 Å². The summed E-state index contributed by atoms with van der Waals surface area (Å²) >= 11 is 6.11. The van der Waals surface area contributed by atoms with Gasteiger partial charge in [-0.25, -0.2) is 13.1 Å². The zero-order valence-electron chi connectivity index (χ0n) is 15.9. The van der Waals surface area contributed by atoms with E-state index in [1.165, 1.54) is 25.3 Å². The molecule has 0 atom stereocenters. The van der Waals surface area contributed by atoms with Gasteiger partial charge in [0.15, 0.2) is 6.61 Å². The second kappa shape index (κ2) is 9.88. The Morgan fingerprint density at radius 3 is 2.61 bits per heavy atom. The van der Waals surface area contributed by atoms with Gasteiger partial charge >= 0.3 is 0 Å². The Hall–Kier alpha value is -2.13. The van der Waals surface area contributed by atoms with Crippen LogP contribution in [0, 0.1) is 13.8 Å². The molecule has 0 saturated carbocycles. The number of hydrogen-bond donors (Lipinski definition) is 2. The minimum atomic E-state index is -3.70. The van der Waals surface area contributed by atoms with Gasteiger partial charge in [-0.2, -0.15) is 0 Å².